The third-order valence-corrected chi connectivity index (χ3v) is 24.1. The Labute approximate surface area is 894 Å². The van der Waals surface area contributed by atoms with E-state index in [1.165, 1.54) is 121 Å². The summed E-state index contributed by atoms with van der Waals surface area (Å²) in [5.41, 5.74) is 22.0. The van der Waals surface area contributed by atoms with Gasteiger partial charge < -0.3 is 26.6 Å². The molecule has 0 saturated heterocycles. The Balaban J connectivity index is 0.000000222. The Morgan fingerprint density at radius 1 is 0.203 bits per heavy atom. The zero-order valence-electron chi connectivity index (χ0n) is 91.8. The summed E-state index contributed by atoms with van der Waals surface area (Å²) in [7, 11) is 0. The van der Waals surface area contributed by atoms with Crippen molar-refractivity contribution in [2.75, 3.05) is 26.6 Å². The lowest BCUT2D eigenvalue weighted by Gasteiger charge is -2.15. The van der Waals surface area contributed by atoms with Crippen molar-refractivity contribution in [2.45, 2.75) is 201 Å². The highest BCUT2D eigenvalue weighted by Crippen LogP contribution is 2.39. The number of para-hydroxylation sites is 5. The van der Waals surface area contributed by atoms with Gasteiger partial charge in [0.25, 0.3) is 0 Å². The highest BCUT2D eigenvalue weighted by molar-refractivity contribution is 7.08. The topological polar surface area (TPSA) is 73.0 Å². The van der Waals surface area contributed by atoms with E-state index in [4.69, 9.17) is 0 Å². The summed E-state index contributed by atoms with van der Waals surface area (Å²) >= 11 is 1.77. The van der Waals surface area contributed by atoms with Crippen molar-refractivity contribution in [3.63, 3.8) is 0 Å². The van der Waals surface area contributed by atoms with Crippen molar-refractivity contribution >= 4 is 93.6 Å². The first kappa shape index (κ1) is 120. The van der Waals surface area contributed by atoms with E-state index < -0.39 is 0 Å². The molecule has 7 heteroatoms. The van der Waals surface area contributed by atoms with E-state index in [2.05, 4.69) is 457 Å². The molecule has 19 aromatic carbocycles. The Bertz CT molecular complexity index is 6100. The monoisotopic (exact) mass is 1970 g/mol. The highest BCUT2D eigenvalue weighted by Gasteiger charge is 2.14. The second-order valence-corrected chi connectivity index (χ2v) is 36.1. The summed E-state index contributed by atoms with van der Waals surface area (Å²) in [6.45, 7) is 46.7. The number of fused-ring (bicyclic) bond motifs is 2. The van der Waals surface area contributed by atoms with Gasteiger partial charge in [0.1, 0.15) is 0 Å². The predicted molar refractivity (Wildman–Crippen MR) is 660 cm³/mol. The quantitative estimate of drug-likeness (QED) is 0.0365. The molecule has 0 fully saturated rings. The molecule has 0 aliphatic rings. The summed E-state index contributed by atoms with van der Waals surface area (Å²) in [5.74, 6) is 3.03. The number of anilines is 5. The number of nitrogens with zero attached hydrogens (tertiary/aromatic N) is 1. The van der Waals surface area contributed by atoms with Crippen LogP contribution in [0.1, 0.15) is 224 Å². The number of thiophene rings is 1. The van der Waals surface area contributed by atoms with Gasteiger partial charge in [-0.1, -0.05) is 539 Å². The summed E-state index contributed by atoms with van der Waals surface area (Å²) in [6.07, 6.45) is 3.66. The molecule has 2 aromatic heterocycles. The molecule has 6 nitrogen and oxygen atoms in total. The number of nitrogens with one attached hydrogen (secondary N) is 5. The molecule has 21 rings (SSSR count). The minimum Gasteiger partial charge on any atom is -0.381 e. The van der Waals surface area contributed by atoms with E-state index in [1.807, 2.05) is 221 Å². The number of pyridine rings is 1. The fourth-order valence-electron chi connectivity index (χ4n) is 15.8. The molecule has 0 bridgehead atoms. The van der Waals surface area contributed by atoms with Crippen LogP contribution in [0.5, 0.6) is 0 Å². The SMILES string of the molecule is CC.CC.CC.CC.CC.CC(C)c1c2ccccc2cc2ccccc12.CC(C)c1ccc(-c2ccccc2)cc1.CC(C)c1ccc2ccc3cccc4ccc1c2c34.CC(C)c1ccncc1.CC(C)c1ccsc1.c1ccc(CNc2ccccc2)cc1.c1ccc(CNc2ccccc2)cc1.c1ccc(CNc2ccccc2)cc1.c1ccc(CNc2ccccc2)cc1.c1ccc(CNc2ccccc2)cc1. The predicted octanol–water partition coefficient (Wildman–Crippen LogP) is 42.0. The summed E-state index contributed by atoms with van der Waals surface area (Å²) in [4.78, 5) is 3.93. The zero-order valence-corrected chi connectivity index (χ0v) is 92.6. The minimum absolute atomic E-state index is 0.547. The maximum absolute atomic E-state index is 3.93. The van der Waals surface area contributed by atoms with Gasteiger partial charge in [0.2, 0.25) is 0 Å². The molecule has 2 heterocycles. The molecule has 0 aliphatic heterocycles. The van der Waals surface area contributed by atoms with Crippen molar-refractivity contribution in [3.05, 3.63) is 564 Å². The van der Waals surface area contributed by atoms with Gasteiger partial charge in [0.05, 0.1) is 0 Å². The first-order valence-corrected chi connectivity index (χ1v) is 54.4. The first-order chi connectivity index (χ1) is 72.7. The van der Waals surface area contributed by atoms with Gasteiger partial charge in [-0.05, 0) is 246 Å². The molecule has 0 aliphatic carbocycles. The van der Waals surface area contributed by atoms with E-state index in [0.29, 0.717) is 29.6 Å². The molecular formula is C141H164N6S. The maximum Gasteiger partial charge on any atom is 0.0400 e. The molecule has 764 valence electrons. The van der Waals surface area contributed by atoms with Crippen LogP contribution < -0.4 is 26.6 Å². The average molecular weight is 1970 g/mol. The van der Waals surface area contributed by atoms with E-state index in [0.717, 1.165) is 61.2 Å². The Morgan fingerprint density at radius 2 is 0.466 bits per heavy atom. The third kappa shape index (κ3) is 43.1. The van der Waals surface area contributed by atoms with Crippen molar-refractivity contribution in [3.8, 4) is 11.1 Å². The number of rotatable bonds is 21. The van der Waals surface area contributed by atoms with E-state index in [1.54, 1.807) is 11.3 Å². The fourth-order valence-corrected chi connectivity index (χ4v) is 16.6. The van der Waals surface area contributed by atoms with Crippen LogP contribution in [-0.4, -0.2) is 4.98 Å². The standard InChI is InChI=1S/C19H16.C17H16.C15H16.5C13H13N.C8H11N.C7H10S.5C2H6/c1-12(2)16-10-8-15-7-6-13-4-3-5-14-9-11-17(16)19(15)18(13)14;1-12(2)17-15-9-5-3-7-13(15)11-14-8-4-6-10-16(14)17;1-12(2)13-8-10-15(11-9-13)14-6-4-3-5-7-14;5*1-3-7-12(8-4-1)11-14-13-9-5-2-6-10-13;1-7(2)8-3-5-9-6-4-8;1-6(2)7-3-4-8-5-7;5*1-2/h3-12H,1-2H3;3-12H,1-2H3;3-12H,1-2H3;5*1-10,14H,11H2;3-7H,1-2H3;3-6H,1-2H3;5*1-2H3. The molecule has 148 heavy (non-hydrogen) atoms. The van der Waals surface area contributed by atoms with Crippen LogP contribution in [0.25, 0.3) is 65.0 Å². The highest BCUT2D eigenvalue weighted by atomic mass is 32.1. The van der Waals surface area contributed by atoms with Crippen molar-refractivity contribution in [1.29, 1.82) is 0 Å². The van der Waals surface area contributed by atoms with Crippen LogP contribution in [0.2, 0.25) is 0 Å². The van der Waals surface area contributed by atoms with Gasteiger partial charge in [0, 0.05) is 73.6 Å². The molecule has 0 saturated carbocycles. The lowest BCUT2D eigenvalue weighted by molar-refractivity contribution is 0.863. The molecule has 0 unspecified atom stereocenters. The van der Waals surface area contributed by atoms with Gasteiger partial charge in [-0.3, -0.25) is 4.98 Å². The number of aromatic nitrogens is 1. The fraction of sp³-hybridized carbons (Fsp3) is 0.213. The Hall–Kier alpha value is -15.4. The maximum atomic E-state index is 3.93. The molecule has 0 spiro atoms. The number of hydrogen-bond donors (Lipinski definition) is 5. The van der Waals surface area contributed by atoms with Gasteiger partial charge in [-0.15, -0.1) is 0 Å². The van der Waals surface area contributed by atoms with Crippen LogP contribution in [-0.2, 0) is 32.7 Å². The molecule has 0 atom stereocenters. The molecule has 0 radical (unpaired) electrons. The van der Waals surface area contributed by atoms with E-state index in [-0.39, 0.29) is 0 Å². The second-order valence-electron chi connectivity index (χ2n) is 35.4. The smallest absolute Gasteiger partial charge is 0.0400 e. The van der Waals surface area contributed by atoms with Crippen LogP contribution in [0.15, 0.2) is 508 Å². The number of hydrogen-bond acceptors (Lipinski definition) is 7. The Kier molecular flexibility index (Phi) is 58.1. The van der Waals surface area contributed by atoms with Crippen molar-refractivity contribution in [2.24, 2.45) is 0 Å². The molecular weight excluding hydrogens is 1810 g/mol. The van der Waals surface area contributed by atoms with Crippen molar-refractivity contribution < 1.29 is 0 Å². The first-order valence-electron chi connectivity index (χ1n) is 53.4. The summed E-state index contributed by atoms with van der Waals surface area (Å²) in [5, 5.41) is 34.9. The molecule has 5 N–H and O–H groups in total. The van der Waals surface area contributed by atoms with Crippen molar-refractivity contribution in [1.82, 2.24) is 4.98 Å². The molecule has 0 amide bonds. The summed E-state index contributed by atoms with van der Waals surface area (Å²) in [6, 6.07) is 169. The molecule has 21 aromatic rings. The minimum atomic E-state index is 0.547. The normalized spacial score (nSPS) is 9.93. The largest absolute Gasteiger partial charge is 0.381 e. The average Bonchev–Trinajstić information content (AvgIpc) is 0.877. The second kappa shape index (κ2) is 72.0. The van der Waals surface area contributed by atoms with Gasteiger partial charge >= 0.3 is 0 Å². The van der Waals surface area contributed by atoms with Gasteiger partial charge in [-0.2, -0.15) is 11.3 Å². The van der Waals surface area contributed by atoms with Gasteiger partial charge in [0.15, 0.2) is 0 Å². The van der Waals surface area contributed by atoms with E-state index in [9.17, 15) is 0 Å². The van der Waals surface area contributed by atoms with Crippen LogP contribution in [0, 0.1) is 0 Å². The van der Waals surface area contributed by atoms with E-state index >= 15 is 0 Å². The van der Waals surface area contributed by atoms with Crippen LogP contribution in [0.3, 0.4) is 0 Å². The Morgan fingerprint density at radius 3 is 0.750 bits per heavy atom. The number of benzene rings is 19. The van der Waals surface area contributed by atoms with Crippen LogP contribution >= 0.6 is 11.3 Å². The van der Waals surface area contributed by atoms with Gasteiger partial charge in [-0.25, -0.2) is 0 Å². The lowest BCUT2D eigenvalue weighted by atomic mass is 9.89. The lowest BCUT2D eigenvalue weighted by Crippen LogP contribution is -1.98. The summed E-state index contributed by atoms with van der Waals surface area (Å²) < 4.78 is 0. The van der Waals surface area contributed by atoms with Crippen LogP contribution in [0.4, 0.5) is 28.4 Å². The zero-order chi connectivity index (χ0) is 106. The third-order valence-electron chi connectivity index (χ3n) is 23.4.